The number of pyridine rings is 1. The highest BCUT2D eigenvalue weighted by Gasteiger charge is 2.56. The van der Waals surface area contributed by atoms with E-state index in [9.17, 15) is 36.6 Å². The zero-order valence-electron chi connectivity index (χ0n) is 23.3. The van der Waals surface area contributed by atoms with Gasteiger partial charge >= 0.3 is 6.18 Å². The van der Waals surface area contributed by atoms with Crippen LogP contribution < -0.4 is 15.8 Å². The SMILES string of the molecule is CCCOc1c(CC(N)=O)cc([C@@](O)(CNC(=O)c2cc(F)c3nc(C4CC4)sc3c2)C(F)(F)F)nc1-c1ccc(F)cc1. The molecule has 1 saturated carbocycles. The first kappa shape index (κ1) is 31.3. The Kier molecular flexibility index (Phi) is 8.58. The number of rotatable bonds is 11. The summed E-state index contributed by atoms with van der Waals surface area (Å²) in [6.45, 7) is 0.470. The van der Waals surface area contributed by atoms with Gasteiger partial charge in [0, 0.05) is 22.6 Å². The Balaban J connectivity index is 1.54. The number of aromatic nitrogens is 2. The van der Waals surface area contributed by atoms with Crippen LogP contribution in [0.25, 0.3) is 21.5 Å². The third-order valence-corrected chi connectivity index (χ3v) is 8.20. The number of ether oxygens (including phenoxy) is 1. The average molecular weight is 635 g/mol. The van der Waals surface area contributed by atoms with Crippen LogP contribution in [0.15, 0.2) is 42.5 Å². The Morgan fingerprint density at radius 2 is 1.82 bits per heavy atom. The van der Waals surface area contributed by atoms with Crippen LogP contribution in [-0.4, -0.2) is 46.2 Å². The van der Waals surface area contributed by atoms with Gasteiger partial charge in [-0.1, -0.05) is 6.92 Å². The summed E-state index contributed by atoms with van der Waals surface area (Å²) in [5.74, 6) is -3.22. The number of carbonyl (C=O) groups is 2. The Hall–Kier alpha value is -4.17. The van der Waals surface area contributed by atoms with E-state index in [-0.39, 0.29) is 46.2 Å². The number of alkyl halides is 3. The first-order valence-corrected chi connectivity index (χ1v) is 14.5. The molecule has 8 nitrogen and oxygen atoms in total. The summed E-state index contributed by atoms with van der Waals surface area (Å²) in [6.07, 6.45) is -3.62. The molecule has 1 aliphatic rings. The highest BCUT2D eigenvalue weighted by molar-refractivity contribution is 7.18. The van der Waals surface area contributed by atoms with Crippen LogP contribution in [0.5, 0.6) is 5.75 Å². The van der Waals surface area contributed by atoms with Gasteiger partial charge in [0.05, 0.1) is 35.0 Å². The first-order chi connectivity index (χ1) is 20.8. The maximum Gasteiger partial charge on any atom is 0.424 e. The van der Waals surface area contributed by atoms with Crippen molar-refractivity contribution in [3.8, 4) is 17.0 Å². The van der Waals surface area contributed by atoms with E-state index >= 15 is 0 Å². The number of hydrogen-bond donors (Lipinski definition) is 3. The summed E-state index contributed by atoms with van der Waals surface area (Å²) in [7, 11) is 0. The predicted octanol–water partition coefficient (Wildman–Crippen LogP) is 5.51. The minimum atomic E-state index is -5.39. The van der Waals surface area contributed by atoms with Gasteiger partial charge in [0.1, 0.15) is 22.8 Å². The fraction of sp³-hybridized carbons (Fsp3) is 0.333. The molecule has 0 unspecified atom stereocenters. The van der Waals surface area contributed by atoms with Gasteiger partial charge < -0.3 is 20.9 Å². The Morgan fingerprint density at radius 1 is 1.11 bits per heavy atom. The lowest BCUT2D eigenvalue weighted by Gasteiger charge is -2.31. The molecule has 4 aromatic rings. The molecule has 2 aromatic carbocycles. The minimum Gasteiger partial charge on any atom is -0.491 e. The topological polar surface area (TPSA) is 127 Å². The van der Waals surface area contributed by atoms with Gasteiger partial charge in [-0.15, -0.1) is 11.3 Å². The van der Waals surface area contributed by atoms with Crippen molar-refractivity contribution in [1.82, 2.24) is 15.3 Å². The first-order valence-electron chi connectivity index (χ1n) is 13.7. The van der Waals surface area contributed by atoms with Gasteiger partial charge in [-0.3, -0.25) is 9.59 Å². The summed E-state index contributed by atoms with van der Waals surface area (Å²) in [5, 5.41) is 13.9. The Labute approximate surface area is 252 Å². The van der Waals surface area contributed by atoms with Crippen molar-refractivity contribution in [3.63, 3.8) is 0 Å². The van der Waals surface area contributed by atoms with Crippen LogP contribution in [0.3, 0.4) is 0 Å². The van der Waals surface area contributed by atoms with Gasteiger partial charge in [-0.2, -0.15) is 13.2 Å². The van der Waals surface area contributed by atoms with E-state index < -0.39 is 53.9 Å². The lowest BCUT2D eigenvalue weighted by Crippen LogP contribution is -2.51. The minimum absolute atomic E-state index is 0.0616. The number of fused-ring (bicyclic) bond motifs is 1. The van der Waals surface area contributed by atoms with Crippen molar-refractivity contribution in [3.05, 3.63) is 75.9 Å². The normalized spacial score (nSPS) is 14.8. The van der Waals surface area contributed by atoms with Crippen LogP contribution in [-0.2, 0) is 16.8 Å². The van der Waals surface area contributed by atoms with Gasteiger partial charge in [-0.05, 0) is 61.7 Å². The molecule has 2 heterocycles. The third-order valence-electron chi connectivity index (χ3n) is 7.03. The molecule has 232 valence electrons. The molecule has 1 atom stereocenters. The van der Waals surface area contributed by atoms with E-state index in [1.807, 2.05) is 0 Å². The molecule has 14 heteroatoms. The fourth-order valence-electron chi connectivity index (χ4n) is 4.57. The number of benzene rings is 2. The van der Waals surface area contributed by atoms with Crippen molar-refractivity contribution in [2.75, 3.05) is 13.2 Å². The number of nitrogens with two attached hydrogens (primary N) is 1. The maximum atomic E-state index is 14.8. The third kappa shape index (κ3) is 6.36. The lowest BCUT2D eigenvalue weighted by atomic mass is 9.93. The maximum absolute atomic E-state index is 14.8. The molecule has 1 fully saturated rings. The molecular formula is C30H27F5N4O4S. The molecular weight excluding hydrogens is 607 g/mol. The number of primary amides is 1. The lowest BCUT2D eigenvalue weighted by molar-refractivity contribution is -0.265. The Morgan fingerprint density at radius 3 is 2.43 bits per heavy atom. The highest BCUT2D eigenvalue weighted by atomic mass is 32.1. The van der Waals surface area contributed by atoms with E-state index in [1.165, 1.54) is 29.5 Å². The predicted molar refractivity (Wildman–Crippen MR) is 152 cm³/mol. The second kappa shape index (κ2) is 12.1. The van der Waals surface area contributed by atoms with E-state index in [0.717, 1.165) is 42.1 Å². The number of hydrogen-bond acceptors (Lipinski definition) is 7. The van der Waals surface area contributed by atoms with Crippen molar-refractivity contribution in [1.29, 1.82) is 0 Å². The number of aliphatic hydroxyl groups is 1. The van der Waals surface area contributed by atoms with Crippen LogP contribution in [0.1, 0.15) is 58.7 Å². The van der Waals surface area contributed by atoms with Gasteiger partial charge in [-0.25, -0.2) is 18.7 Å². The monoisotopic (exact) mass is 634 g/mol. The van der Waals surface area contributed by atoms with E-state index in [0.29, 0.717) is 11.1 Å². The van der Waals surface area contributed by atoms with E-state index in [4.69, 9.17) is 10.5 Å². The number of nitrogens with one attached hydrogen (secondary N) is 1. The van der Waals surface area contributed by atoms with E-state index in [1.54, 1.807) is 6.92 Å². The molecule has 0 bridgehead atoms. The van der Waals surface area contributed by atoms with E-state index in [2.05, 4.69) is 15.3 Å². The number of halogens is 5. The molecule has 0 spiro atoms. The molecule has 0 aliphatic heterocycles. The second-order valence-electron chi connectivity index (χ2n) is 10.5. The van der Waals surface area contributed by atoms with Gasteiger partial charge in [0.2, 0.25) is 11.5 Å². The van der Waals surface area contributed by atoms with Crippen LogP contribution in [0.4, 0.5) is 22.0 Å². The standard InChI is InChI=1S/C30H27F5N4O4S/c1-2-9-43-26-17(13-23(36)40)12-22(38-24(26)15-5-7-19(31)8-6-15)29(42,30(33,34)35)14-37-27(41)18-10-20(32)25-21(11-18)44-28(39-25)16-3-4-16/h5-8,10-12,16,42H,2-4,9,13-14H2,1H3,(H2,36,40)(H,37,41)/t29-/m0/s1. The zero-order valence-corrected chi connectivity index (χ0v) is 24.1. The summed E-state index contributed by atoms with van der Waals surface area (Å²) in [6, 6.07) is 7.66. The molecule has 2 amide bonds. The number of amides is 2. The molecule has 0 radical (unpaired) electrons. The quantitative estimate of drug-likeness (QED) is 0.187. The van der Waals surface area contributed by atoms with Crippen LogP contribution in [0, 0.1) is 11.6 Å². The number of nitrogens with zero attached hydrogens (tertiary/aromatic N) is 2. The van der Waals surface area contributed by atoms with Crippen molar-refractivity contribution < 1.29 is 41.4 Å². The molecule has 0 saturated heterocycles. The number of thiazole rings is 1. The molecule has 5 rings (SSSR count). The van der Waals surface area contributed by atoms with Crippen LogP contribution in [0.2, 0.25) is 0 Å². The number of carbonyl (C=O) groups excluding carboxylic acids is 2. The molecule has 44 heavy (non-hydrogen) atoms. The molecule has 4 N–H and O–H groups in total. The Bertz CT molecular complexity index is 1720. The van der Waals surface area contributed by atoms with Gasteiger partial charge in [0.25, 0.3) is 5.91 Å². The average Bonchev–Trinajstić information content (AvgIpc) is 3.72. The summed E-state index contributed by atoms with van der Waals surface area (Å²) in [4.78, 5) is 33.2. The summed E-state index contributed by atoms with van der Waals surface area (Å²) < 4.78 is 78.4. The molecule has 1 aliphatic carbocycles. The van der Waals surface area contributed by atoms with Crippen molar-refractivity contribution in [2.24, 2.45) is 5.73 Å². The fourth-order valence-corrected chi connectivity index (χ4v) is 5.76. The van der Waals surface area contributed by atoms with Crippen LogP contribution >= 0.6 is 11.3 Å². The highest BCUT2D eigenvalue weighted by Crippen LogP contribution is 2.44. The van der Waals surface area contributed by atoms with Crippen molar-refractivity contribution in [2.45, 2.75) is 50.3 Å². The summed E-state index contributed by atoms with van der Waals surface area (Å²) in [5.41, 5.74) is 0.266. The molecule has 2 aromatic heterocycles. The second-order valence-corrected chi connectivity index (χ2v) is 11.6. The smallest absolute Gasteiger partial charge is 0.424 e. The summed E-state index contributed by atoms with van der Waals surface area (Å²) >= 11 is 1.21. The van der Waals surface area contributed by atoms with Crippen molar-refractivity contribution >= 4 is 33.4 Å². The zero-order chi connectivity index (χ0) is 31.8. The largest absolute Gasteiger partial charge is 0.491 e. The van der Waals surface area contributed by atoms with Gasteiger partial charge in [0.15, 0.2) is 5.82 Å².